The Kier molecular flexibility index (Phi) is 4.80. The van der Waals surface area contributed by atoms with E-state index in [1.54, 1.807) is 23.6 Å². The van der Waals surface area contributed by atoms with Gasteiger partial charge >= 0.3 is 6.03 Å². The second kappa shape index (κ2) is 7.62. The van der Waals surface area contributed by atoms with Crippen molar-refractivity contribution in [3.8, 4) is 5.82 Å². The van der Waals surface area contributed by atoms with Gasteiger partial charge in [0.15, 0.2) is 5.82 Å². The number of anilines is 2. The topological polar surface area (TPSA) is 111 Å². The number of thiazole rings is 1. The Bertz CT molecular complexity index is 1240. The van der Waals surface area contributed by atoms with E-state index in [4.69, 9.17) is 16.6 Å². The molecule has 30 heavy (non-hydrogen) atoms. The molecule has 9 nitrogen and oxygen atoms in total. The number of hydrogen-bond donors (Lipinski definition) is 2. The van der Waals surface area contributed by atoms with Gasteiger partial charge in [-0.15, -0.1) is 4.80 Å². The fraction of sp³-hybridized carbons (Fsp3) is 0.263. The standard InChI is InChI=1S/C19H17ClN8OS/c1-2-14-27-16-15(10-3-4-10)13(9-22-18(16)30-14)26-19(29)25-11-7-12(20)17(21-8-11)28-23-5-6-24-28/h5-10H,2-4H2,1H3,(H2,25,26,29). The Morgan fingerprint density at radius 1 is 1.23 bits per heavy atom. The average Bonchev–Trinajstić information content (AvgIpc) is 3.24. The van der Waals surface area contributed by atoms with E-state index in [0.717, 1.165) is 40.2 Å². The number of pyridine rings is 2. The van der Waals surface area contributed by atoms with E-state index in [0.29, 0.717) is 28.1 Å². The van der Waals surface area contributed by atoms with Gasteiger partial charge in [-0.25, -0.2) is 19.7 Å². The van der Waals surface area contributed by atoms with Gasteiger partial charge in [-0.2, -0.15) is 10.2 Å². The van der Waals surface area contributed by atoms with Gasteiger partial charge in [0.2, 0.25) is 0 Å². The van der Waals surface area contributed by atoms with Gasteiger partial charge in [-0.3, -0.25) is 0 Å². The third-order valence-corrected chi connectivity index (χ3v) is 6.12. The summed E-state index contributed by atoms with van der Waals surface area (Å²) in [5.74, 6) is 0.795. The minimum absolute atomic E-state index is 0.320. The summed E-state index contributed by atoms with van der Waals surface area (Å²) in [5.41, 5.74) is 3.12. The maximum absolute atomic E-state index is 12.6. The molecule has 152 valence electrons. The Morgan fingerprint density at radius 3 is 2.73 bits per heavy atom. The maximum atomic E-state index is 12.6. The zero-order valence-corrected chi connectivity index (χ0v) is 17.5. The lowest BCUT2D eigenvalue weighted by Gasteiger charge is -2.12. The summed E-state index contributed by atoms with van der Waals surface area (Å²) >= 11 is 7.87. The predicted molar refractivity (Wildman–Crippen MR) is 116 cm³/mol. The lowest BCUT2D eigenvalue weighted by Crippen LogP contribution is -2.20. The molecule has 0 saturated heterocycles. The number of rotatable bonds is 5. The van der Waals surface area contributed by atoms with Crippen LogP contribution in [-0.2, 0) is 6.42 Å². The molecule has 0 radical (unpaired) electrons. The number of urea groups is 1. The normalized spacial score (nSPS) is 13.5. The number of aryl methyl sites for hydroxylation is 1. The monoisotopic (exact) mass is 440 g/mol. The molecule has 4 aromatic heterocycles. The van der Waals surface area contributed by atoms with E-state index in [1.165, 1.54) is 23.4 Å². The van der Waals surface area contributed by atoms with E-state index in [9.17, 15) is 4.79 Å². The molecule has 0 aromatic carbocycles. The summed E-state index contributed by atoms with van der Waals surface area (Å²) in [6, 6.07) is 1.20. The molecule has 0 spiro atoms. The van der Waals surface area contributed by atoms with Gasteiger partial charge in [0.1, 0.15) is 10.3 Å². The van der Waals surface area contributed by atoms with Crippen LogP contribution in [-0.4, -0.2) is 36.0 Å². The molecule has 2 amide bonds. The first kappa shape index (κ1) is 18.9. The molecule has 0 atom stereocenters. The number of amides is 2. The van der Waals surface area contributed by atoms with Crippen molar-refractivity contribution < 1.29 is 4.79 Å². The van der Waals surface area contributed by atoms with Crippen LogP contribution in [0.25, 0.3) is 16.2 Å². The van der Waals surface area contributed by atoms with Crippen molar-refractivity contribution in [3.05, 3.63) is 46.4 Å². The molecule has 2 N–H and O–H groups in total. The van der Waals surface area contributed by atoms with Crippen molar-refractivity contribution >= 4 is 50.7 Å². The fourth-order valence-electron chi connectivity index (χ4n) is 3.23. The largest absolute Gasteiger partial charge is 0.323 e. The highest BCUT2D eigenvalue weighted by atomic mass is 35.5. The first-order valence-corrected chi connectivity index (χ1v) is 10.7. The van der Waals surface area contributed by atoms with Crippen molar-refractivity contribution in [2.24, 2.45) is 0 Å². The van der Waals surface area contributed by atoms with Crippen LogP contribution in [0.1, 0.15) is 36.3 Å². The highest BCUT2D eigenvalue weighted by Crippen LogP contribution is 2.46. The van der Waals surface area contributed by atoms with Crippen molar-refractivity contribution in [1.82, 2.24) is 29.9 Å². The Morgan fingerprint density at radius 2 is 2.03 bits per heavy atom. The van der Waals surface area contributed by atoms with E-state index >= 15 is 0 Å². The molecule has 1 fully saturated rings. The van der Waals surface area contributed by atoms with Crippen molar-refractivity contribution in [2.75, 3.05) is 10.6 Å². The summed E-state index contributed by atoms with van der Waals surface area (Å²) in [7, 11) is 0. The summed E-state index contributed by atoms with van der Waals surface area (Å²) in [5, 5.41) is 15.1. The van der Waals surface area contributed by atoms with Crippen molar-refractivity contribution in [1.29, 1.82) is 0 Å². The van der Waals surface area contributed by atoms with E-state index in [1.807, 2.05) is 0 Å². The van der Waals surface area contributed by atoms with Crippen LogP contribution in [0.3, 0.4) is 0 Å². The first-order chi connectivity index (χ1) is 14.6. The summed E-state index contributed by atoms with van der Waals surface area (Å²) in [6.45, 7) is 2.08. The molecule has 1 aliphatic rings. The number of nitrogens with one attached hydrogen (secondary N) is 2. The Balaban J connectivity index is 1.37. The minimum atomic E-state index is -0.396. The number of carbonyl (C=O) groups is 1. The van der Waals surface area contributed by atoms with Gasteiger partial charge in [0.05, 0.1) is 46.2 Å². The second-order valence-electron chi connectivity index (χ2n) is 6.90. The highest BCUT2D eigenvalue weighted by molar-refractivity contribution is 7.18. The number of fused-ring (bicyclic) bond motifs is 1. The molecule has 0 bridgehead atoms. The SMILES string of the molecule is CCc1nc2c(C3CC3)c(NC(=O)Nc3cnc(-n4nccn4)c(Cl)c3)cnc2s1. The number of nitrogens with zero attached hydrogens (tertiary/aromatic N) is 6. The average molecular weight is 441 g/mol. The van der Waals surface area contributed by atoms with E-state index in [2.05, 4.69) is 37.7 Å². The molecule has 4 heterocycles. The third kappa shape index (κ3) is 3.59. The molecule has 1 saturated carbocycles. The maximum Gasteiger partial charge on any atom is 0.323 e. The summed E-state index contributed by atoms with van der Waals surface area (Å²) < 4.78 is 0. The Hall–Kier alpha value is -3.11. The number of hydrogen-bond acceptors (Lipinski definition) is 7. The number of aromatic nitrogens is 6. The smallest absolute Gasteiger partial charge is 0.306 e. The first-order valence-electron chi connectivity index (χ1n) is 9.51. The number of halogens is 1. The van der Waals surface area contributed by atoms with Gasteiger partial charge in [0.25, 0.3) is 0 Å². The Labute approximate surface area is 180 Å². The lowest BCUT2D eigenvalue weighted by atomic mass is 10.1. The van der Waals surface area contributed by atoms with Crippen LogP contribution in [0.15, 0.2) is 30.9 Å². The van der Waals surface area contributed by atoms with Crippen LogP contribution in [0.4, 0.5) is 16.2 Å². The molecule has 11 heteroatoms. The van der Waals surface area contributed by atoms with Gasteiger partial charge < -0.3 is 10.6 Å². The summed E-state index contributed by atoms with van der Waals surface area (Å²) in [6.07, 6.45) is 9.34. The molecule has 5 rings (SSSR count). The quantitative estimate of drug-likeness (QED) is 0.475. The van der Waals surface area contributed by atoms with Crippen molar-refractivity contribution in [2.45, 2.75) is 32.1 Å². The van der Waals surface area contributed by atoms with Gasteiger partial charge in [-0.1, -0.05) is 29.9 Å². The predicted octanol–water partition coefficient (Wildman–Crippen LogP) is 4.40. The minimum Gasteiger partial charge on any atom is -0.306 e. The molecule has 0 aliphatic heterocycles. The molecule has 1 aliphatic carbocycles. The van der Waals surface area contributed by atoms with Crippen LogP contribution in [0.5, 0.6) is 0 Å². The number of carbonyl (C=O) groups excluding carboxylic acids is 1. The molecule has 0 unspecified atom stereocenters. The van der Waals surface area contributed by atoms with Crippen LogP contribution >= 0.6 is 22.9 Å². The lowest BCUT2D eigenvalue weighted by molar-refractivity contribution is 0.262. The third-order valence-electron chi connectivity index (χ3n) is 4.73. The molecular formula is C19H17ClN8OS. The van der Waals surface area contributed by atoms with Crippen LogP contribution < -0.4 is 10.6 Å². The fourth-order valence-corrected chi connectivity index (χ4v) is 4.33. The van der Waals surface area contributed by atoms with E-state index < -0.39 is 6.03 Å². The highest BCUT2D eigenvalue weighted by Gasteiger charge is 2.30. The summed E-state index contributed by atoms with van der Waals surface area (Å²) in [4.78, 5) is 28.3. The zero-order chi connectivity index (χ0) is 20.7. The van der Waals surface area contributed by atoms with Crippen molar-refractivity contribution in [3.63, 3.8) is 0 Å². The van der Waals surface area contributed by atoms with Gasteiger partial charge in [-0.05, 0) is 31.2 Å². The van der Waals surface area contributed by atoms with Gasteiger partial charge in [0, 0.05) is 5.56 Å². The molecular weight excluding hydrogens is 424 g/mol. The second-order valence-corrected chi connectivity index (χ2v) is 8.37. The van der Waals surface area contributed by atoms with Crippen LogP contribution in [0, 0.1) is 0 Å². The van der Waals surface area contributed by atoms with Crippen LogP contribution in [0.2, 0.25) is 5.02 Å². The zero-order valence-electron chi connectivity index (χ0n) is 16.0. The molecule has 4 aromatic rings. The van der Waals surface area contributed by atoms with E-state index in [-0.39, 0.29) is 0 Å².